The summed E-state index contributed by atoms with van der Waals surface area (Å²) in [5, 5.41) is 4.68. The topological polar surface area (TPSA) is 68.9 Å². The zero-order valence-corrected chi connectivity index (χ0v) is 14.8. The first-order chi connectivity index (χ1) is 11.5. The van der Waals surface area contributed by atoms with Crippen molar-refractivity contribution in [3.05, 3.63) is 50.5 Å². The fourth-order valence-electron chi connectivity index (χ4n) is 2.80. The molecule has 1 N–H and O–H groups in total. The lowest BCUT2D eigenvalue weighted by Crippen LogP contribution is -2.31. The van der Waals surface area contributed by atoms with Gasteiger partial charge < -0.3 is 14.5 Å². The highest BCUT2D eigenvalue weighted by molar-refractivity contribution is 7.13. The lowest BCUT2D eigenvalue weighted by atomic mass is 10.3. The van der Waals surface area contributed by atoms with Crippen molar-refractivity contribution in [2.45, 2.75) is 33.9 Å². The van der Waals surface area contributed by atoms with Gasteiger partial charge in [-0.3, -0.25) is 9.59 Å². The standard InChI is InChI=1S/C17H20N4O2S/c1-4-20-8-5-13-6-9-21(17(23)14(13)20)10-7-18-16(22)15-11(2)19-12(3)24-15/h5-6,8-9H,4,7,10H2,1-3H3,(H,18,22). The number of nitrogens with zero attached hydrogens (tertiary/aromatic N) is 3. The van der Waals surface area contributed by atoms with E-state index in [-0.39, 0.29) is 11.5 Å². The summed E-state index contributed by atoms with van der Waals surface area (Å²) in [6.07, 6.45) is 3.70. The molecule has 0 saturated heterocycles. The van der Waals surface area contributed by atoms with Gasteiger partial charge in [0.1, 0.15) is 10.4 Å². The fraction of sp³-hybridized carbons (Fsp3) is 0.353. The molecule has 0 atom stereocenters. The van der Waals surface area contributed by atoms with Crippen LogP contribution in [-0.2, 0) is 13.1 Å². The lowest BCUT2D eigenvalue weighted by molar-refractivity contribution is 0.0955. The molecule has 3 aromatic rings. The van der Waals surface area contributed by atoms with Crippen molar-refractivity contribution in [3.8, 4) is 0 Å². The van der Waals surface area contributed by atoms with Crippen molar-refractivity contribution in [3.63, 3.8) is 0 Å². The van der Waals surface area contributed by atoms with E-state index in [0.29, 0.717) is 23.5 Å². The molecule has 0 aromatic carbocycles. The second kappa shape index (κ2) is 6.60. The van der Waals surface area contributed by atoms with Gasteiger partial charge in [-0.25, -0.2) is 4.98 Å². The Bertz CT molecular complexity index is 951. The first-order valence-corrected chi connectivity index (χ1v) is 8.73. The van der Waals surface area contributed by atoms with Gasteiger partial charge in [0, 0.05) is 37.4 Å². The molecule has 0 aliphatic heterocycles. The fourth-order valence-corrected chi connectivity index (χ4v) is 3.63. The molecule has 3 rings (SSSR count). The van der Waals surface area contributed by atoms with Crippen LogP contribution in [0.5, 0.6) is 0 Å². The molecule has 0 spiro atoms. The highest BCUT2D eigenvalue weighted by atomic mass is 32.1. The summed E-state index contributed by atoms with van der Waals surface area (Å²) in [5.41, 5.74) is 1.42. The van der Waals surface area contributed by atoms with Crippen LogP contribution < -0.4 is 10.9 Å². The van der Waals surface area contributed by atoms with E-state index in [1.54, 1.807) is 10.8 Å². The number of hydrogen-bond donors (Lipinski definition) is 1. The molecule has 0 unspecified atom stereocenters. The monoisotopic (exact) mass is 344 g/mol. The molecule has 6 nitrogen and oxygen atoms in total. The van der Waals surface area contributed by atoms with Crippen LogP contribution in [-0.4, -0.2) is 26.6 Å². The number of amides is 1. The Hall–Kier alpha value is -2.41. The number of rotatable bonds is 5. The molecule has 0 aliphatic rings. The van der Waals surface area contributed by atoms with Crippen LogP contribution in [0.15, 0.2) is 29.3 Å². The minimum Gasteiger partial charge on any atom is -0.349 e. The average Bonchev–Trinajstić information content (AvgIpc) is 3.12. The van der Waals surface area contributed by atoms with Gasteiger partial charge in [-0.15, -0.1) is 11.3 Å². The highest BCUT2D eigenvalue weighted by Crippen LogP contribution is 2.16. The summed E-state index contributed by atoms with van der Waals surface area (Å²) in [5.74, 6) is -0.135. The van der Waals surface area contributed by atoms with Gasteiger partial charge in [0.15, 0.2) is 0 Å². The maximum Gasteiger partial charge on any atom is 0.275 e. The summed E-state index contributed by atoms with van der Waals surface area (Å²) in [4.78, 5) is 29.7. The minimum absolute atomic E-state index is 0.0292. The molecule has 0 radical (unpaired) electrons. The third-order valence-corrected chi connectivity index (χ3v) is 5.05. The Morgan fingerprint density at radius 2 is 1.96 bits per heavy atom. The number of thiazole rings is 1. The van der Waals surface area contributed by atoms with Crippen molar-refractivity contribution in [2.75, 3.05) is 6.54 Å². The van der Waals surface area contributed by atoms with E-state index in [0.717, 1.165) is 22.6 Å². The molecule has 3 aromatic heterocycles. The molecule has 24 heavy (non-hydrogen) atoms. The number of nitrogens with one attached hydrogen (secondary N) is 1. The third-order valence-electron chi connectivity index (χ3n) is 3.98. The van der Waals surface area contributed by atoms with Crippen LogP contribution in [0.25, 0.3) is 10.9 Å². The Morgan fingerprint density at radius 3 is 2.58 bits per heavy atom. The number of pyridine rings is 1. The van der Waals surface area contributed by atoms with Crippen LogP contribution in [0.1, 0.15) is 27.3 Å². The molecular formula is C17H20N4O2S. The van der Waals surface area contributed by atoms with Crippen LogP contribution in [0, 0.1) is 13.8 Å². The van der Waals surface area contributed by atoms with E-state index >= 15 is 0 Å². The summed E-state index contributed by atoms with van der Waals surface area (Å²) >= 11 is 1.38. The van der Waals surface area contributed by atoms with Gasteiger partial charge in [0.05, 0.1) is 10.7 Å². The molecule has 0 aliphatic carbocycles. The third kappa shape index (κ3) is 2.99. The van der Waals surface area contributed by atoms with Gasteiger partial charge in [-0.1, -0.05) is 0 Å². The number of aromatic nitrogens is 3. The predicted molar refractivity (Wildman–Crippen MR) is 95.8 cm³/mol. The van der Waals surface area contributed by atoms with Crippen molar-refractivity contribution in [1.29, 1.82) is 0 Å². The van der Waals surface area contributed by atoms with Crippen LogP contribution in [0.2, 0.25) is 0 Å². The summed E-state index contributed by atoms with van der Waals surface area (Å²) in [7, 11) is 0. The Kier molecular flexibility index (Phi) is 4.53. The van der Waals surface area contributed by atoms with E-state index in [4.69, 9.17) is 0 Å². The number of carbonyl (C=O) groups is 1. The predicted octanol–water partition coefficient (Wildman–Crippen LogP) is 2.33. The highest BCUT2D eigenvalue weighted by Gasteiger charge is 2.13. The average molecular weight is 344 g/mol. The van der Waals surface area contributed by atoms with Crippen molar-refractivity contribution < 1.29 is 4.79 Å². The normalized spacial score (nSPS) is 11.1. The van der Waals surface area contributed by atoms with Gasteiger partial charge >= 0.3 is 0 Å². The number of aryl methyl sites for hydroxylation is 3. The molecule has 126 valence electrons. The minimum atomic E-state index is -0.135. The summed E-state index contributed by atoms with van der Waals surface area (Å²) in [6.45, 7) is 7.31. The number of fused-ring (bicyclic) bond motifs is 1. The van der Waals surface area contributed by atoms with Crippen LogP contribution in [0.4, 0.5) is 0 Å². The second-order valence-corrected chi connectivity index (χ2v) is 6.83. The van der Waals surface area contributed by atoms with Crippen molar-refractivity contribution >= 4 is 28.1 Å². The SMILES string of the molecule is CCn1ccc2ccn(CCNC(=O)c3sc(C)nc3C)c(=O)c21. The Morgan fingerprint density at radius 1 is 1.25 bits per heavy atom. The van der Waals surface area contributed by atoms with Crippen LogP contribution in [0.3, 0.4) is 0 Å². The molecule has 0 bridgehead atoms. The van der Waals surface area contributed by atoms with Crippen molar-refractivity contribution in [1.82, 2.24) is 19.4 Å². The van der Waals surface area contributed by atoms with Crippen molar-refractivity contribution in [2.24, 2.45) is 0 Å². The van der Waals surface area contributed by atoms with E-state index < -0.39 is 0 Å². The van der Waals surface area contributed by atoms with Gasteiger partial charge in [-0.05, 0) is 32.9 Å². The quantitative estimate of drug-likeness (QED) is 0.772. The van der Waals surface area contributed by atoms with Crippen LogP contribution >= 0.6 is 11.3 Å². The smallest absolute Gasteiger partial charge is 0.275 e. The maximum absolute atomic E-state index is 12.6. The molecular weight excluding hydrogens is 324 g/mol. The molecule has 3 heterocycles. The first-order valence-electron chi connectivity index (χ1n) is 7.91. The second-order valence-electron chi connectivity index (χ2n) is 5.62. The first kappa shape index (κ1) is 16.4. The molecule has 1 amide bonds. The van der Waals surface area contributed by atoms with Gasteiger partial charge in [0.25, 0.3) is 11.5 Å². The lowest BCUT2D eigenvalue weighted by Gasteiger charge is -2.08. The molecule has 7 heteroatoms. The Labute approximate surface area is 143 Å². The van der Waals surface area contributed by atoms with E-state index in [2.05, 4.69) is 10.3 Å². The zero-order chi connectivity index (χ0) is 17.3. The number of hydrogen-bond acceptors (Lipinski definition) is 4. The van der Waals surface area contributed by atoms with Gasteiger partial charge in [-0.2, -0.15) is 0 Å². The Balaban J connectivity index is 1.72. The van der Waals surface area contributed by atoms with E-state index in [1.165, 1.54) is 11.3 Å². The molecule has 0 saturated carbocycles. The maximum atomic E-state index is 12.6. The summed E-state index contributed by atoms with van der Waals surface area (Å²) < 4.78 is 3.58. The van der Waals surface area contributed by atoms with Gasteiger partial charge in [0.2, 0.25) is 0 Å². The molecule has 0 fully saturated rings. The van der Waals surface area contributed by atoms with E-state index in [9.17, 15) is 9.59 Å². The summed E-state index contributed by atoms with van der Waals surface area (Å²) in [6, 6.07) is 3.88. The zero-order valence-electron chi connectivity index (χ0n) is 14.0. The largest absolute Gasteiger partial charge is 0.349 e. The number of carbonyl (C=O) groups excluding carboxylic acids is 1. The van der Waals surface area contributed by atoms with E-state index in [1.807, 2.05) is 43.7 Å².